The Bertz CT molecular complexity index is 528. The molecule has 5 heteroatoms. The monoisotopic (exact) mass is 260 g/mol. The van der Waals surface area contributed by atoms with Crippen LogP contribution >= 0.6 is 0 Å². The maximum atomic E-state index is 12.2. The van der Waals surface area contributed by atoms with Crippen molar-refractivity contribution < 1.29 is 14.3 Å². The molecular formula is C14H16N2O3. The average molecular weight is 260 g/mol. The first kappa shape index (κ1) is 13.0. The lowest BCUT2D eigenvalue weighted by atomic mass is 10.1. The van der Waals surface area contributed by atoms with Gasteiger partial charge in [-0.1, -0.05) is 6.07 Å². The first-order chi connectivity index (χ1) is 9.26. The molecule has 1 heterocycles. The van der Waals surface area contributed by atoms with Gasteiger partial charge in [0.15, 0.2) is 0 Å². The molecular weight excluding hydrogens is 244 g/mol. The van der Waals surface area contributed by atoms with E-state index in [1.54, 1.807) is 18.2 Å². The van der Waals surface area contributed by atoms with Crippen molar-refractivity contribution in [2.45, 2.75) is 6.54 Å². The summed E-state index contributed by atoms with van der Waals surface area (Å²) < 4.78 is 10.4. The molecule has 2 N–H and O–H groups in total. The summed E-state index contributed by atoms with van der Waals surface area (Å²) in [4.78, 5) is 15.2. The Morgan fingerprint density at radius 1 is 1.16 bits per heavy atom. The molecule has 0 bridgehead atoms. The van der Waals surface area contributed by atoms with Crippen LogP contribution in [-0.2, 0) is 6.54 Å². The minimum Gasteiger partial charge on any atom is -0.496 e. The molecule has 0 saturated carbocycles. The first-order valence-electron chi connectivity index (χ1n) is 5.87. The van der Waals surface area contributed by atoms with Crippen molar-refractivity contribution in [3.8, 4) is 11.5 Å². The van der Waals surface area contributed by atoms with Crippen LogP contribution in [0.4, 0.5) is 0 Å². The number of nitrogens with one attached hydrogen (secondary N) is 2. The predicted molar refractivity (Wildman–Crippen MR) is 71.5 cm³/mol. The Labute approximate surface area is 111 Å². The smallest absolute Gasteiger partial charge is 0.259 e. The number of H-pyrrole nitrogens is 1. The molecule has 2 aromatic rings. The number of aromatic amines is 1. The van der Waals surface area contributed by atoms with Crippen molar-refractivity contribution in [3.05, 3.63) is 47.8 Å². The number of rotatable bonds is 5. The van der Waals surface area contributed by atoms with Crippen LogP contribution < -0.4 is 14.8 Å². The second kappa shape index (κ2) is 5.95. The van der Waals surface area contributed by atoms with E-state index in [2.05, 4.69) is 10.3 Å². The quantitative estimate of drug-likeness (QED) is 0.863. The van der Waals surface area contributed by atoms with Crippen molar-refractivity contribution >= 4 is 5.91 Å². The molecule has 2 rings (SSSR count). The number of hydrogen-bond acceptors (Lipinski definition) is 3. The van der Waals surface area contributed by atoms with E-state index in [9.17, 15) is 4.79 Å². The molecule has 0 atom stereocenters. The molecule has 0 aliphatic rings. The number of aromatic nitrogens is 1. The Morgan fingerprint density at radius 2 is 1.84 bits per heavy atom. The van der Waals surface area contributed by atoms with E-state index in [1.807, 2.05) is 18.3 Å². The van der Waals surface area contributed by atoms with Gasteiger partial charge < -0.3 is 19.8 Å². The highest BCUT2D eigenvalue weighted by Gasteiger charge is 2.17. The molecule has 19 heavy (non-hydrogen) atoms. The molecule has 0 aliphatic heterocycles. The van der Waals surface area contributed by atoms with Crippen LogP contribution in [0.1, 0.15) is 16.1 Å². The molecule has 1 aromatic heterocycles. The molecule has 0 spiro atoms. The maximum absolute atomic E-state index is 12.2. The number of hydrogen-bond donors (Lipinski definition) is 2. The van der Waals surface area contributed by atoms with Crippen LogP contribution in [0.2, 0.25) is 0 Å². The molecule has 1 aromatic carbocycles. The molecule has 100 valence electrons. The van der Waals surface area contributed by atoms with E-state index in [4.69, 9.17) is 9.47 Å². The number of ether oxygens (including phenoxy) is 2. The van der Waals surface area contributed by atoms with Gasteiger partial charge >= 0.3 is 0 Å². The van der Waals surface area contributed by atoms with E-state index in [1.165, 1.54) is 14.2 Å². The van der Waals surface area contributed by atoms with Gasteiger partial charge in [0.2, 0.25) is 0 Å². The molecule has 5 nitrogen and oxygen atoms in total. The van der Waals surface area contributed by atoms with Gasteiger partial charge in [-0.15, -0.1) is 0 Å². The molecule has 0 radical (unpaired) electrons. The van der Waals surface area contributed by atoms with E-state index >= 15 is 0 Å². The normalized spacial score (nSPS) is 10.0. The van der Waals surface area contributed by atoms with Crippen molar-refractivity contribution in [3.63, 3.8) is 0 Å². The average Bonchev–Trinajstić information content (AvgIpc) is 2.97. The lowest BCUT2D eigenvalue weighted by Crippen LogP contribution is -2.24. The number of amides is 1. The van der Waals surface area contributed by atoms with Crippen molar-refractivity contribution in [2.24, 2.45) is 0 Å². The van der Waals surface area contributed by atoms with Gasteiger partial charge in [0.05, 0.1) is 20.8 Å². The Morgan fingerprint density at radius 3 is 2.37 bits per heavy atom. The summed E-state index contributed by atoms with van der Waals surface area (Å²) in [7, 11) is 3.05. The van der Waals surface area contributed by atoms with Gasteiger partial charge in [-0.05, 0) is 24.3 Å². The zero-order valence-electron chi connectivity index (χ0n) is 10.9. The first-order valence-corrected chi connectivity index (χ1v) is 5.87. The minimum absolute atomic E-state index is 0.232. The van der Waals surface area contributed by atoms with Crippen LogP contribution in [0, 0.1) is 0 Å². The largest absolute Gasteiger partial charge is 0.496 e. The lowest BCUT2D eigenvalue weighted by molar-refractivity contribution is 0.0944. The summed E-state index contributed by atoms with van der Waals surface area (Å²) in [5.41, 5.74) is 1.33. The third-order valence-electron chi connectivity index (χ3n) is 2.76. The third-order valence-corrected chi connectivity index (χ3v) is 2.76. The van der Waals surface area contributed by atoms with E-state index in [-0.39, 0.29) is 5.91 Å². The standard InChI is InChI=1S/C14H16N2O3/c1-18-11-6-3-7-12(19-2)13(11)14(17)16-9-10-5-4-8-15-10/h3-8,15H,9H2,1-2H3,(H,16,17). The highest BCUT2D eigenvalue weighted by molar-refractivity contribution is 5.99. The summed E-state index contributed by atoms with van der Waals surface area (Å²) in [6, 6.07) is 9.02. The number of carbonyl (C=O) groups excluding carboxylic acids is 1. The van der Waals surface area contributed by atoms with Gasteiger partial charge in [0.25, 0.3) is 5.91 Å². The highest BCUT2D eigenvalue weighted by atomic mass is 16.5. The Hall–Kier alpha value is -2.43. The Kier molecular flexibility index (Phi) is 4.07. The summed E-state index contributed by atoms with van der Waals surface area (Å²) >= 11 is 0. The van der Waals surface area contributed by atoms with Crippen LogP contribution in [0.25, 0.3) is 0 Å². The maximum Gasteiger partial charge on any atom is 0.259 e. The van der Waals surface area contributed by atoms with Crippen molar-refractivity contribution in [1.29, 1.82) is 0 Å². The second-order valence-corrected chi connectivity index (χ2v) is 3.92. The van der Waals surface area contributed by atoms with Crippen molar-refractivity contribution in [2.75, 3.05) is 14.2 Å². The SMILES string of the molecule is COc1cccc(OC)c1C(=O)NCc1ccc[nH]1. The summed E-state index contributed by atoms with van der Waals surface area (Å²) in [5.74, 6) is 0.746. The highest BCUT2D eigenvalue weighted by Crippen LogP contribution is 2.27. The minimum atomic E-state index is -0.232. The van der Waals surface area contributed by atoms with Gasteiger partial charge in [-0.2, -0.15) is 0 Å². The van der Waals surface area contributed by atoms with E-state index < -0.39 is 0 Å². The fourth-order valence-corrected chi connectivity index (χ4v) is 1.82. The summed E-state index contributed by atoms with van der Waals surface area (Å²) in [5, 5.41) is 2.82. The summed E-state index contributed by atoms with van der Waals surface area (Å²) in [6.45, 7) is 0.424. The number of carbonyl (C=O) groups is 1. The second-order valence-electron chi connectivity index (χ2n) is 3.92. The van der Waals surface area contributed by atoms with Gasteiger partial charge in [0.1, 0.15) is 17.1 Å². The number of methoxy groups -OCH3 is 2. The van der Waals surface area contributed by atoms with Gasteiger partial charge in [-0.3, -0.25) is 4.79 Å². The molecule has 1 amide bonds. The summed E-state index contributed by atoms with van der Waals surface area (Å²) in [6.07, 6.45) is 1.81. The number of benzene rings is 1. The van der Waals surface area contributed by atoms with Crippen LogP contribution in [0.3, 0.4) is 0 Å². The molecule has 0 saturated heterocycles. The fraction of sp³-hybridized carbons (Fsp3) is 0.214. The fourth-order valence-electron chi connectivity index (χ4n) is 1.82. The molecule has 0 unspecified atom stereocenters. The van der Waals surface area contributed by atoms with Gasteiger partial charge in [-0.25, -0.2) is 0 Å². The van der Waals surface area contributed by atoms with Crippen LogP contribution in [0.5, 0.6) is 11.5 Å². The van der Waals surface area contributed by atoms with Crippen LogP contribution in [-0.4, -0.2) is 25.1 Å². The topological polar surface area (TPSA) is 63.4 Å². The van der Waals surface area contributed by atoms with E-state index in [0.717, 1.165) is 5.69 Å². The van der Waals surface area contributed by atoms with Gasteiger partial charge in [0, 0.05) is 11.9 Å². The zero-order valence-corrected chi connectivity index (χ0v) is 10.9. The molecule has 0 fully saturated rings. The van der Waals surface area contributed by atoms with Crippen LogP contribution in [0.15, 0.2) is 36.5 Å². The molecule has 0 aliphatic carbocycles. The predicted octanol–water partition coefficient (Wildman–Crippen LogP) is 1.96. The van der Waals surface area contributed by atoms with E-state index in [0.29, 0.717) is 23.6 Å². The lowest BCUT2D eigenvalue weighted by Gasteiger charge is -2.12. The third kappa shape index (κ3) is 2.88. The van der Waals surface area contributed by atoms with Crippen molar-refractivity contribution in [1.82, 2.24) is 10.3 Å². The Balaban J connectivity index is 2.18. The zero-order chi connectivity index (χ0) is 13.7.